The monoisotopic (exact) mass is 439 g/mol. The quantitative estimate of drug-likeness (QED) is 0.468. The van der Waals surface area contributed by atoms with Gasteiger partial charge >= 0.3 is 12.1 Å². The first-order chi connectivity index (χ1) is 16.1. The molecule has 2 aromatic heterocycles. The van der Waals surface area contributed by atoms with Crippen LogP contribution in [0, 0.1) is 0 Å². The van der Waals surface area contributed by atoms with Gasteiger partial charge in [-0.1, -0.05) is 48.5 Å². The zero-order valence-electron chi connectivity index (χ0n) is 17.6. The first-order valence-electron chi connectivity index (χ1n) is 10.6. The largest absolute Gasteiger partial charge is 0.480 e. The summed E-state index contributed by atoms with van der Waals surface area (Å²) in [5.74, 6) is -1.24. The number of benzene rings is 2. The van der Waals surface area contributed by atoms with Crippen LogP contribution >= 0.6 is 0 Å². The predicted molar refractivity (Wildman–Crippen MR) is 123 cm³/mol. The minimum absolute atomic E-state index is 0.0685. The van der Waals surface area contributed by atoms with Crippen molar-refractivity contribution in [3.05, 3.63) is 95.8 Å². The molecule has 7 nitrogen and oxygen atoms in total. The molecule has 0 aliphatic heterocycles. The van der Waals surface area contributed by atoms with Crippen LogP contribution in [0.4, 0.5) is 4.79 Å². The summed E-state index contributed by atoms with van der Waals surface area (Å²) in [6, 6.07) is 20.3. The molecule has 1 aliphatic carbocycles. The average molecular weight is 439 g/mol. The molecule has 33 heavy (non-hydrogen) atoms. The van der Waals surface area contributed by atoms with Gasteiger partial charge in [-0.15, -0.1) is 0 Å². The fourth-order valence-electron chi connectivity index (χ4n) is 4.32. The highest BCUT2D eigenvalue weighted by Gasteiger charge is 2.29. The van der Waals surface area contributed by atoms with Crippen LogP contribution in [0.25, 0.3) is 22.2 Å². The molecule has 0 unspecified atom stereocenters. The van der Waals surface area contributed by atoms with E-state index in [1.54, 1.807) is 24.5 Å². The molecule has 5 rings (SSSR count). The Labute approximate surface area is 190 Å². The van der Waals surface area contributed by atoms with Gasteiger partial charge in [-0.2, -0.15) is 0 Å². The summed E-state index contributed by atoms with van der Waals surface area (Å²) in [4.78, 5) is 32.8. The third-order valence-corrected chi connectivity index (χ3v) is 5.88. The van der Waals surface area contributed by atoms with Gasteiger partial charge in [0.25, 0.3) is 0 Å². The number of nitrogens with one attached hydrogen (secondary N) is 1. The lowest BCUT2D eigenvalue weighted by atomic mass is 9.98. The van der Waals surface area contributed by atoms with Crippen molar-refractivity contribution in [2.75, 3.05) is 6.61 Å². The molecular formula is C26H21N3O4. The van der Waals surface area contributed by atoms with Crippen LogP contribution < -0.4 is 5.32 Å². The summed E-state index contributed by atoms with van der Waals surface area (Å²) >= 11 is 0. The number of aromatic nitrogens is 2. The molecule has 0 saturated carbocycles. The number of aliphatic carboxylic acids is 1. The fourth-order valence-corrected chi connectivity index (χ4v) is 4.32. The Kier molecular flexibility index (Phi) is 5.44. The van der Waals surface area contributed by atoms with E-state index in [-0.39, 0.29) is 18.9 Å². The average Bonchev–Trinajstić information content (AvgIpc) is 3.16. The van der Waals surface area contributed by atoms with Crippen molar-refractivity contribution < 1.29 is 19.4 Å². The molecule has 2 heterocycles. The van der Waals surface area contributed by atoms with E-state index in [1.807, 2.05) is 42.5 Å². The second-order valence-electron chi connectivity index (χ2n) is 7.95. The summed E-state index contributed by atoms with van der Waals surface area (Å²) in [6.45, 7) is 0.119. The number of alkyl carbamates (subject to hydrolysis) is 1. The van der Waals surface area contributed by atoms with E-state index in [0.29, 0.717) is 11.1 Å². The molecular weight excluding hydrogens is 418 g/mol. The number of hydrogen-bond acceptors (Lipinski definition) is 5. The van der Waals surface area contributed by atoms with Crippen LogP contribution in [0.2, 0.25) is 0 Å². The number of carbonyl (C=O) groups excluding carboxylic acids is 1. The van der Waals surface area contributed by atoms with Gasteiger partial charge in [-0.3, -0.25) is 9.97 Å². The molecule has 0 saturated heterocycles. The number of ether oxygens (including phenoxy) is 1. The molecule has 0 bridgehead atoms. The SMILES string of the molecule is O=C(N[C@@H](Cc1cnc2cccnc2c1)C(=O)O)OCC1c2ccccc2-c2ccccc21. The van der Waals surface area contributed by atoms with Crippen LogP contribution in [0.5, 0.6) is 0 Å². The molecule has 7 heteroatoms. The Balaban J connectivity index is 1.27. The summed E-state index contributed by atoms with van der Waals surface area (Å²) in [5, 5.41) is 12.1. The van der Waals surface area contributed by atoms with Crippen molar-refractivity contribution in [1.82, 2.24) is 15.3 Å². The Morgan fingerprint density at radius 1 is 0.939 bits per heavy atom. The standard InChI is InChI=1S/C26H21N3O4/c30-25(31)24(13-16-12-23-22(28-14-16)10-5-11-27-23)29-26(32)33-15-21-19-8-3-1-6-17(19)18-7-2-4-9-20(18)21/h1-12,14,21,24H,13,15H2,(H,29,32)(H,30,31)/t24-/m0/s1. The second kappa shape index (κ2) is 8.70. The number of rotatable bonds is 6. The van der Waals surface area contributed by atoms with E-state index in [1.165, 1.54) is 0 Å². The smallest absolute Gasteiger partial charge is 0.407 e. The summed E-state index contributed by atoms with van der Waals surface area (Å²) in [6.07, 6.45) is 2.55. The number of fused-ring (bicyclic) bond motifs is 4. The maximum Gasteiger partial charge on any atom is 0.407 e. The van der Waals surface area contributed by atoms with Crippen LogP contribution in [0.3, 0.4) is 0 Å². The van der Waals surface area contributed by atoms with Crippen molar-refractivity contribution in [3.8, 4) is 11.1 Å². The predicted octanol–water partition coefficient (Wildman–Crippen LogP) is 4.16. The molecule has 1 atom stereocenters. The van der Waals surface area contributed by atoms with Gasteiger partial charge in [-0.05, 0) is 46.0 Å². The molecule has 2 aromatic carbocycles. The normalized spacial score (nSPS) is 13.2. The minimum Gasteiger partial charge on any atom is -0.480 e. The van der Waals surface area contributed by atoms with Crippen LogP contribution in [-0.2, 0) is 16.0 Å². The van der Waals surface area contributed by atoms with E-state index >= 15 is 0 Å². The molecule has 1 aliphatic rings. The molecule has 0 spiro atoms. The lowest BCUT2D eigenvalue weighted by Crippen LogP contribution is -2.42. The van der Waals surface area contributed by atoms with Crippen molar-refractivity contribution in [1.29, 1.82) is 0 Å². The lowest BCUT2D eigenvalue weighted by molar-refractivity contribution is -0.139. The third-order valence-electron chi connectivity index (χ3n) is 5.88. The molecule has 1 amide bonds. The number of carboxylic acids is 1. The lowest BCUT2D eigenvalue weighted by Gasteiger charge is -2.17. The highest BCUT2D eigenvalue weighted by Crippen LogP contribution is 2.44. The van der Waals surface area contributed by atoms with Gasteiger partial charge in [0.2, 0.25) is 0 Å². The van der Waals surface area contributed by atoms with E-state index in [9.17, 15) is 14.7 Å². The number of carboxylic acid groups (broad SMARTS) is 1. The highest BCUT2D eigenvalue weighted by atomic mass is 16.5. The van der Waals surface area contributed by atoms with Gasteiger partial charge in [0.1, 0.15) is 12.6 Å². The highest BCUT2D eigenvalue weighted by molar-refractivity contribution is 5.81. The van der Waals surface area contributed by atoms with E-state index in [2.05, 4.69) is 27.4 Å². The number of hydrogen-bond donors (Lipinski definition) is 2. The molecule has 0 radical (unpaired) electrons. The number of carbonyl (C=O) groups is 2. The van der Waals surface area contributed by atoms with Gasteiger partial charge in [-0.25, -0.2) is 9.59 Å². The topological polar surface area (TPSA) is 101 Å². The van der Waals surface area contributed by atoms with Gasteiger partial charge in [0, 0.05) is 24.7 Å². The summed E-state index contributed by atoms with van der Waals surface area (Å²) in [5.41, 5.74) is 6.49. The molecule has 2 N–H and O–H groups in total. The van der Waals surface area contributed by atoms with Crippen molar-refractivity contribution in [2.24, 2.45) is 0 Å². The van der Waals surface area contributed by atoms with Gasteiger partial charge in [0.05, 0.1) is 11.0 Å². The van der Waals surface area contributed by atoms with Crippen LogP contribution in [0.15, 0.2) is 79.1 Å². The Bertz CT molecular complexity index is 1310. The van der Waals surface area contributed by atoms with E-state index < -0.39 is 18.1 Å². The van der Waals surface area contributed by atoms with Crippen LogP contribution in [0.1, 0.15) is 22.6 Å². The van der Waals surface area contributed by atoms with Crippen LogP contribution in [-0.4, -0.2) is 39.8 Å². The number of amides is 1. The van der Waals surface area contributed by atoms with E-state index in [4.69, 9.17) is 4.74 Å². The zero-order valence-corrected chi connectivity index (χ0v) is 17.6. The maximum absolute atomic E-state index is 12.5. The first-order valence-corrected chi connectivity index (χ1v) is 10.6. The zero-order chi connectivity index (χ0) is 22.8. The molecule has 0 fully saturated rings. The fraction of sp³-hybridized carbons (Fsp3) is 0.154. The maximum atomic E-state index is 12.5. The Hall–Kier alpha value is -4.26. The number of nitrogens with zero attached hydrogens (tertiary/aromatic N) is 2. The van der Waals surface area contributed by atoms with Crippen molar-refractivity contribution >= 4 is 23.1 Å². The van der Waals surface area contributed by atoms with Crippen molar-refractivity contribution in [3.63, 3.8) is 0 Å². The van der Waals surface area contributed by atoms with Gasteiger partial charge in [0.15, 0.2) is 0 Å². The van der Waals surface area contributed by atoms with Crippen molar-refractivity contribution in [2.45, 2.75) is 18.4 Å². The third kappa shape index (κ3) is 4.13. The Morgan fingerprint density at radius 2 is 1.64 bits per heavy atom. The van der Waals surface area contributed by atoms with Gasteiger partial charge < -0.3 is 15.2 Å². The van der Waals surface area contributed by atoms with E-state index in [0.717, 1.165) is 27.8 Å². The number of pyridine rings is 2. The molecule has 164 valence electrons. The molecule has 4 aromatic rings. The summed E-state index contributed by atoms with van der Waals surface area (Å²) in [7, 11) is 0. The summed E-state index contributed by atoms with van der Waals surface area (Å²) < 4.78 is 5.49. The second-order valence-corrected chi connectivity index (χ2v) is 7.95. The minimum atomic E-state index is -1.15. The Morgan fingerprint density at radius 3 is 2.33 bits per heavy atom. The first kappa shape index (κ1) is 20.6.